The Morgan fingerprint density at radius 1 is 1.86 bits per heavy atom. The van der Waals surface area contributed by atoms with Gasteiger partial charge >= 0.3 is 0 Å². The zero-order valence-corrected chi connectivity index (χ0v) is 3.85. The second-order valence-corrected chi connectivity index (χ2v) is 1.08. The van der Waals surface area contributed by atoms with Crippen LogP contribution in [0.5, 0.6) is 0 Å². The average molecular weight is 98.1 g/mol. The maximum atomic E-state index is 10.0. The van der Waals surface area contributed by atoms with Crippen LogP contribution in [0.15, 0.2) is 0 Å². The summed E-state index contributed by atoms with van der Waals surface area (Å²) in [6.45, 7) is -0.440. The minimum atomic E-state index is -0.440. The summed E-state index contributed by atoms with van der Waals surface area (Å²) in [7, 11) is 0. The van der Waals surface area contributed by atoms with Crippen LogP contribution < -0.4 is 0 Å². The van der Waals surface area contributed by atoms with Crippen LogP contribution in [-0.4, -0.2) is 17.5 Å². The number of hydrogen-bond acceptors (Lipinski definition) is 2. The van der Waals surface area contributed by atoms with Gasteiger partial charge in [0, 0.05) is 0 Å². The van der Waals surface area contributed by atoms with Gasteiger partial charge < -0.3 is 5.11 Å². The van der Waals surface area contributed by atoms with Gasteiger partial charge in [-0.25, -0.2) is 0 Å². The predicted octanol–water partition coefficient (Wildman–Crippen LogP) is -0.429. The van der Waals surface area contributed by atoms with Crippen molar-refractivity contribution in [2.75, 3.05) is 6.61 Å². The predicted molar refractivity (Wildman–Crippen MR) is 25.5 cm³/mol. The lowest BCUT2D eigenvalue weighted by Crippen LogP contribution is -2.00. The molecule has 0 rings (SSSR count). The Labute approximate surface area is 42.2 Å². The molecule has 0 aromatic carbocycles. The molecule has 0 radical (unpaired) electrons. The van der Waals surface area contributed by atoms with E-state index in [4.69, 9.17) is 11.5 Å². The lowest BCUT2D eigenvalue weighted by Gasteiger charge is -1.81. The van der Waals surface area contributed by atoms with E-state index in [1.165, 1.54) is 0 Å². The highest BCUT2D eigenvalue weighted by Gasteiger charge is 1.91. The van der Waals surface area contributed by atoms with Crippen molar-refractivity contribution in [1.82, 2.24) is 0 Å². The van der Waals surface area contributed by atoms with Crippen LogP contribution >= 0.6 is 0 Å². The minimum absolute atomic E-state index is 0.0382. The topological polar surface area (TPSA) is 37.3 Å². The average Bonchev–Trinajstić information content (AvgIpc) is 1.68. The summed E-state index contributed by atoms with van der Waals surface area (Å²) in [5, 5.41) is 8.02. The number of carbonyl (C=O) groups excluding carboxylic acids is 1. The molecule has 1 N–H and O–H groups in total. The molecule has 2 heteroatoms. The van der Waals surface area contributed by atoms with Gasteiger partial charge in [-0.1, -0.05) is 5.92 Å². The fraction of sp³-hybridized carbons (Fsp3) is 0.400. The van der Waals surface area contributed by atoms with E-state index in [9.17, 15) is 4.79 Å². The van der Waals surface area contributed by atoms with Crippen molar-refractivity contribution in [1.29, 1.82) is 0 Å². The zero-order valence-electron chi connectivity index (χ0n) is 3.85. The summed E-state index contributed by atoms with van der Waals surface area (Å²) in [5.74, 6) is 1.81. The van der Waals surface area contributed by atoms with Gasteiger partial charge in [0.15, 0.2) is 5.78 Å². The van der Waals surface area contributed by atoms with Crippen molar-refractivity contribution in [3.8, 4) is 12.3 Å². The summed E-state index contributed by atoms with van der Waals surface area (Å²) in [5.41, 5.74) is 0. The Balaban J connectivity index is 3.23. The molecule has 0 fully saturated rings. The van der Waals surface area contributed by atoms with Crippen molar-refractivity contribution in [2.45, 2.75) is 6.42 Å². The molecule has 0 spiro atoms. The van der Waals surface area contributed by atoms with Crippen molar-refractivity contribution in [2.24, 2.45) is 0 Å². The molecule has 0 aliphatic heterocycles. The van der Waals surface area contributed by atoms with Gasteiger partial charge in [-0.05, 0) is 0 Å². The molecule has 0 atom stereocenters. The molecule has 0 bridgehead atoms. The first kappa shape index (κ1) is 6.19. The quantitative estimate of drug-likeness (QED) is 0.476. The number of aliphatic hydroxyl groups excluding tert-OH is 1. The Kier molecular flexibility index (Phi) is 2.99. The first-order chi connectivity index (χ1) is 3.31. The number of Topliss-reactive ketones (excluding diaryl/α,β-unsaturated/α-hetero) is 1. The van der Waals surface area contributed by atoms with E-state index in [1.807, 2.05) is 0 Å². The van der Waals surface area contributed by atoms with E-state index in [2.05, 4.69) is 5.92 Å². The molecule has 7 heavy (non-hydrogen) atoms. The third-order valence-corrected chi connectivity index (χ3v) is 0.476. The Morgan fingerprint density at radius 3 is 2.57 bits per heavy atom. The standard InChI is InChI=1S/C5H6O2/c1-2-3-5(7)4-6/h1,6H,3-4H2. The zero-order chi connectivity index (χ0) is 5.70. The van der Waals surface area contributed by atoms with Crippen LogP contribution in [0.25, 0.3) is 0 Å². The van der Waals surface area contributed by atoms with E-state index in [-0.39, 0.29) is 12.2 Å². The van der Waals surface area contributed by atoms with Gasteiger partial charge in [0.25, 0.3) is 0 Å². The second-order valence-electron chi connectivity index (χ2n) is 1.08. The second kappa shape index (κ2) is 3.38. The maximum absolute atomic E-state index is 10.0. The summed E-state index contributed by atoms with van der Waals surface area (Å²) < 4.78 is 0. The summed E-state index contributed by atoms with van der Waals surface area (Å²) in [6.07, 6.45) is 4.76. The van der Waals surface area contributed by atoms with Crippen LogP contribution in [0.1, 0.15) is 6.42 Å². The fourth-order valence-electron chi connectivity index (χ4n) is 0.170. The third kappa shape index (κ3) is 3.01. The van der Waals surface area contributed by atoms with Gasteiger partial charge in [0.1, 0.15) is 6.61 Å². The molecular weight excluding hydrogens is 92.1 g/mol. The number of rotatable bonds is 2. The lowest BCUT2D eigenvalue weighted by atomic mass is 10.3. The lowest BCUT2D eigenvalue weighted by molar-refractivity contribution is -0.120. The number of aliphatic hydroxyl groups is 1. The van der Waals surface area contributed by atoms with Crippen LogP contribution in [0.2, 0.25) is 0 Å². The highest BCUT2D eigenvalue weighted by atomic mass is 16.3. The third-order valence-electron chi connectivity index (χ3n) is 0.476. The molecule has 0 aromatic heterocycles. The maximum Gasteiger partial charge on any atom is 0.169 e. The largest absolute Gasteiger partial charge is 0.389 e. The van der Waals surface area contributed by atoms with E-state index >= 15 is 0 Å². The highest BCUT2D eigenvalue weighted by Crippen LogP contribution is 1.74. The Bertz CT molecular complexity index is 99.1. The van der Waals surface area contributed by atoms with Crippen LogP contribution in [-0.2, 0) is 4.79 Å². The molecule has 0 saturated carbocycles. The molecule has 0 unspecified atom stereocenters. The van der Waals surface area contributed by atoms with Crippen LogP contribution in [0.3, 0.4) is 0 Å². The first-order valence-corrected chi connectivity index (χ1v) is 1.87. The molecule has 2 nitrogen and oxygen atoms in total. The van der Waals surface area contributed by atoms with E-state index in [0.29, 0.717) is 0 Å². The van der Waals surface area contributed by atoms with Crippen molar-refractivity contribution in [3.05, 3.63) is 0 Å². The number of carbonyl (C=O) groups is 1. The highest BCUT2D eigenvalue weighted by molar-refractivity contribution is 5.81. The summed E-state index contributed by atoms with van der Waals surface area (Å²) >= 11 is 0. The molecule has 0 saturated heterocycles. The van der Waals surface area contributed by atoms with E-state index in [0.717, 1.165) is 0 Å². The normalized spacial score (nSPS) is 7.43. The van der Waals surface area contributed by atoms with Gasteiger partial charge in [0.2, 0.25) is 0 Å². The molecule has 0 heterocycles. The van der Waals surface area contributed by atoms with Crippen molar-refractivity contribution in [3.63, 3.8) is 0 Å². The van der Waals surface area contributed by atoms with Gasteiger partial charge in [-0.3, -0.25) is 4.79 Å². The Morgan fingerprint density at radius 2 is 2.43 bits per heavy atom. The molecular formula is C5H6O2. The van der Waals surface area contributed by atoms with Crippen molar-refractivity contribution >= 4 is 5.78 Å². The number of ketones is 1. The van der Waals surface area contributed by atoms with E-state index < -0.39 is 6.61 Å². The SMILES string of the molecule is C#CCC(=O)CO. The Hall–Kier alpha value is -0.810. The molecule has 0 aromatic rings. The monoisotopic (exact) mass is 98.0 g/mol. The van der Waals surface area contributed by atoms with Gasteiger partial charge in [0.05, 0.1) is 6.42 Å². The van der Waals surface area contributed by atoms with Crippen LogP contribution in [0.4, 0.5) is 0 Å². The minimum Gasteiger partial charge on any atom is -0.389 e. The number of hydrogen-bond donors (Lipinski definition) is 1. The first-order valence-electron chi connectivity index (χ1n) is 1.87. The van der Waals surface area contributed by atoms with Crippen LogP contribution in [0, 0.1) is 12.3 Å². The smallest absolute Gasteiger partial charge is 0.169 e. The molecule has 0 aliphatic carbocycles. The van der Waals surface area contributed by atoms with Gasteiger partial charge in [-0.15, -0.1) is 6.42 Å². The van der Waals surface area contributed by atoms with Gasteiger partial charge in [-0.2, -0.15) is 0 Å². The fourth-order valence-corrected chi connectivity index (χ4v) is 0.170. The summed E-state index contributed by atoms with van der Waals surface area (Å²) in [4.78, 5) is 10.0. The number of terminal acetylenes is 1. The van der Waals surface area contributed by atoms with Crippen molar-refractivity contribution < 1.29 is 9.90 Å². The van der Waals surface area contributed by atoms with E-state index in [1.54, 1.807) is 0 Å². The molecule has 0 amide bonds. The summed E-state index contributed by atoms with van der Waals surface area (Å²) in [6, 6.07) is 0. The molecule has 38 valence electrons. The molecule has 0 aliphatic rings.